The predicted molar refractivity (Wildman–Crippen MR) is 63.9 cm³/mol. The van der Waals surface area contributed by atoms with Crippen LogP contribution in [0.1, 0.15) is 30.5 Å². The molecule has 0 saturated carbocycles. The van der Waals surface area contributed by atoms with Crippen LogP contribution in [0.3, 0.4) is 0 Å². The first kappa shape index (κ1) is 10.5. The second kappa shape index (κ2) is 4.26. The first-order valence-electron chi connectivity index (χ1n) is 5.21. The zero-order valence-corrected chi connectivity index (χ0v) is 9.51. The van der Waals surface area contributed by atoms with Crippen molar-refractivity contribution in [3.05, 3.63) is 34.3 Å². The molecule has 1 N–H and O–H groups in total. The molecule has 15 heavy (non-hydrogen) atoms. The lowest BCUT2D eigenvalue weighted by Crippen LogP contribution is -2.27. The summed E-state index contributed by atoms with van der Waals surface area (Å²) in [5, 5.41) is 4.24. The maximum atomic E-state index is 5.95. The van der Waals surface area contributed by atoms with Crippen LogP contribution in [0.4, 0.5) is 0 Å². The molecule has 0 aliphatic heterocycles. The lowest BCUT2D eigenvalue weighted by molar-refractivity contribution is 0.508. The van der Waals surface area contributed by atoms with Crippen molar-refractivity contribution in [3.63, 3.8) is 0 Å². The van der Waals surface area contributed by atoms with Gasteiger partial charge in [-0.05, 0) is 43.0 Å². The van der Waals surface area contributed by atoms with Crippen LogP contribution in [-0.4, -0.2) is 6.04 Å². The summed E-state index contributed by atoms with van der Waals surface area (Å²) in [4.78, 5) is 0. The van der Waals surface area contributed by atoms with Gasteiger partial charge in [-0.15, -0.1) is 6.42 Å². The van der Waals surface area contributed by atoms with Gasteiger partial charge in [-0.3, -0.25) is 5.32 Å². The molecule has 0 aromatic heterocycles. The van der Waals surface area contributed by atoms with Crippen molar-refractivity contribution in [3.8, 4) is 12.3 Å². The Balaban J connectivity index is 2.19. The van der Waals surface area contributed by atoms with Crippen molar-refractivity contribution < 1.29 is 0 Å². The summed E-state index contributed by atoms with van der Waals surface area (Å²) >= 11 is 5.95. The van der Waals surface area contributed by atoms with E-state index in [-0.39, 0.29) is 6.04 Å². The molecule has 2 atom stereocenters. The van der Waals surface area contributed by atoms with Crippen molar-refractivity contribution in [2.45, 2.75) is 31.8 Å². The molecule has 1 aromatic carbocycles. The average molecular weight is 220 g/mol. The minimum Gasteiger partial charge on any atom is -0.297 e. The molecule has 0 heterocycles. The average Bonchev–Trinajstić information content (AvgIpc) is 2.60. The molecule has 1 aromatic rings. The minimum atomic E-state index is 0.122. The van der Waals surface area contributed by atoms with Crippen LogP contribution < -0.4 is 5.32 Å². The summed E-state index contributed by atoms with van der Waals surface area (Å²) in [6, 6.07) is 6.62. The fourth-order valence-corrected chi connectivity index (χ4v) is 2.30. The molecule has 1 aliphatic carbocycles. The Labute approximate surface area is 95.8 Å². The summed E-state index contributed by atoms with van der Waals surface area (Å²) in [5.41, 5.74) is 2.70. The zero-order valence-electron chi connectivity index (χ0n) is 8.76. The summed E-state index contributed by atoms with van der Waals surface area (Å²) in [7, 11) is 0. The van der Waals surface area contributed by atoms with Crippen LogP contribution in [0.5, 0.6) is 0 Å². The molecular weight excluding hydrogens is 206 g/mol. The van der Waals surface area contributed by atoms with Crippen LogP contribution in [-0.2, 0) is 6.42 Å². The fourth-order valence-electron chi connectivity index (χ4n) is 2.11. The highest BCUT2D eigenvalue weighted by Gasteiger charge is 2.22. The van der Waals surface area contributed by atoms with E-state index in [4.69, 9.17) is 18.0 Å². The molecule has 78 valence electrons. The van der Waals surface area contributed by atoms with E-state index in [2.05, 4.69) is 23.4 Å². The fraction of sp³-hybridized carbons (Fsp3) is 0.385. The quantitative estimate of drug-likeness (QED) is 0.755. The van der Waals surface area contributed by atoms with Crippen LogP contribution in [0.25, 0.3) is 0 Å². The van der Waals surface area contributed by atoms with Gasteiger partial charge in [-0.2, -0.15) is 0 Å². The monoisotopic (exact) mass is 219 g/mol. The van der Waals surface area contributed by atoms with Crippen LogP contribution in [0, 0.1) is 12.3 Å². The number of rotatable bonds is 2. The minimum absolute atomic E-state index is 0.122. The Morgan fingerprint density at radius 1 is 1.60 bits per heavy atom. The molecule has 1 nitrogen and oxygen atoms in total. The summed E-state index contributed by atoms with van der Waals surface area (Å²) in [5.74, 6) is 2.70. The van der Waals surface area contributed by atoms with Gasteiger partial charge < -0.3 is 0 Å². The lowest BCUT2D eigenvalue weighted by Gasteiger charge is -2.16. The summed E-state index contributed by atoms with van der Waals surface area (Å²) < 4.78 is 0. The smallest absolute Gasteiger partial charge is 0.0663 e. The largest absolute Gasteiger partial charge is 0.297 e. The Morgan fingerprint density at radius 2 is 2.40 bits per heavy atom. The lowest BCUT2D eigenvalue weighted by atomic mass is 10.1. The molecule has 0 fully saturated rings. The molecule has 0 radical (unpaired) electrons. The molecule has 0 amide bonds. The third-order valence-corrected chi connectivity index (χ3v) is 3.12. The van der Waals surface area contributed by atoms with Crippen molar-refractivity contribution in [2.24, 2.45) is 0 Å². The Hall–Kier alpha value is -0.970. The molecule has 2 unspecified atom stereocenters. The topological polar surface area (TPSA) is 12.0 Å². The third-order valence-electron chi connectivity index (χ3n) is 2.88. The second-order valence-corrected chi connectivity index (χ2v) is 4.43. The first-order chi connectivity index (χ1) is 7.20. The number of halogens is 1. The van der Waals surface area contributed by atoms with E-state index in [1.165, 1.54) is 11.1 Å². The first-order valence-corrected chi connectivity index (χ1v) is 5.59. The summed E-state index contributed by atoms with van der Waals surface area (Å²) in [6.45, 7) is 2.01. The third kappa shape index (κ3) is 2.17. The van der Waals surface area contributed by atoms with E-state index < -0.39 is 0 Å². The standard InChI is InChI=1S/C13H14ClN/c1-3-9(2)15-13-7-4-10-8-11(14)5-6-12(10)13/h1,5-6,8-9,13,15H,4,7H2,2H3. The van der Waals surface area contributed by atoms with Gasteiger partial charge in [-0.25, -0.2) is 0 Å². The van der Waals surface area contributed by atoms with E-state index in [1.807, 2.05) is 13.0 Å². The Morgan fingerprint density at radius 3 is 3.13 bits per heavy atom. The van der Waals surface area contributed by atoms with Crippen LogP contribution >= 0.6 is 11.6 Å². The molecule has 0 bridgehead atoms. The van der Waals surface area contributed by atoms with E-state index >= 15 is 0 Å². The SMILES string of the molecule is C#CC(C)NC1CCc2cc(Cl)ccc21. The molecule has 0 spiro atoms. The van der Waals surface area contributed by atoms with Crippen molar-refractivity contribution in [1.82, 2.24) is 5.32 Å². The van der Waals surface area contributed by atoms with Crippen molar-refractivity contribution in [1.29, 1.82) is 0 Å². The van der Waals surface area contributed by atoms with Gasteiger partial charge in [-0.1, -0.05) is 23.6 Å². The van der Waals surface area contributed by atoms with Crippen molar-refractivity contribution >= 4 is 11.6 Å². The maximum absolute atomic E-state index is 5.95. The van der Waals surface area contributed by atoms with Crippen LogP contribution in [0.15, 0.2) is 18.2 Å². The molecule has 2 heteroatoms. The van der Waals surface area contributed by atoms with Gasteiger partial charge in [0.1, 0.15) is 0 Å². The van der Waals surface area contributed by atoms with Gasteiger partial charge in [0.25, 0.3) is 0 Å². The van der Waals surface area contributed by atoms with E-state index in [1.54, 1.807) is 0 Å². The normalized spacial score (nSPS) is 20.7. The van der Waals surface area contributed by atoms with Gasteiger partial charge in [0.05, 0.1) is 6.04 Å². The summed E-state index contributed by atoms with van der Waals surface area (Å²) in [6.07, 6.45) is 7.56. The number of hydrogen-bond donors (Lipinski definition) is 1. The van der Waals surface area contributed by atoms with E-state index in [9.17, 15) is 0 Å². The van der Waals surface area contributed by atoms with Gasteiger partial charge >= 0.3 is 0 Å². The predicted octanol–water partition coefficient (Wildman–Crippen LogP) is 2.94. The molecular formula is C13H14ClN. The van der Waals surface area contributed by atoms with E-state index in [0.717, 1.165) is 17.9 Å². The van der Waals surface area contributed by atoms with Crippen molar-refractivity contribution in [2.75, 3.05) is 0 Å². The van der Waals surface area contributed by atoms with Gasteiger partial charge in [0.15, 0.2) is 0 Å². The van der Waals surface area contributed by atoms with Gasteiger partial charge in [0, 0.05) is 11.1 Å². The molecule has 2 rings (SSSR count). The highest BCUT2D eigenvalue weighted by Crippen LogP contribution is 2.32. The highest BCUT2D eigenvalue weighted by molar-refractivity contribution is 6.30. The molecule has 0 saturated heterocycles. The maximum Gasteiger partial charge on any atom is 0.0663 e. The number of fused-ring (bicyclic) bond motifs is 1. The number of nitrogens with one attached hydrogen (secondary N) is 1. The van der Waals surface area contributed by atoms with E-state index in [0.29, 0.717) is 6.04 Å². The number of benzene rings is 1. The highest BCUT2D eigenvalue weighted by atomic mass is 35.5. The molecule has 1 aliphatic rings. The zero-order chi connectivity index (χ0) is 10.8. The van der Waals surface area contributed by atoms with Gasteiger partial charge in [0.2, 0.25) is 0 Å². The van der Waals surface area contributed by atoms with Crippen LogP contribution in [0.2, 0.25) is 5.02 Å². The Bertz CT molecular complexity index is 405. The number of terminal acetylenes is 1. The second-order valence-electron chi connectivity index (χ2n) is 3.99. The number of hydrogen-bond acceptors (Lipinski definition) is 1. The number of aryl methyl sites for hydroxylation is 1. The Kier molecular flexibility index (Phi) is 3.00.